The Hall–Kier alpha value is -2.75. The molecule has 0 bridgehead atoms. The van der Waals surface area contributed by atoms with Gasteiger partial charge in [0.1, 0.15) is 22.7 Å². The monoisotopic (exact) mass is 334 g/mol. The lowest BCUT2D eigenvalue weighted by Crippen LogP contribution is -2.34. The van der Waals surface area contributed by atoms with E-state index in [1.807, 2.05) is 36.4 Å². The zero-order valence-electron chi connectivity index (χ0n) is 14.3. The minimum atomic E-state index is -0.339. The van der Waals surface area contributed by atoms with Crippen molar-refractivity contribution in [1.29, 1.82) is 0 Å². The number of aliphatic imine (C=N–C) groups is 1. The van der Waals surface area contributed by atoms with Crippen LogP contribution in [0.15, 0.2) is 59.7 Å². The predicted molar refractivity (Wildman–Crippen MR) is 98.0 cm³/mol. The van der Waals surface area contributed by atoms with Crippen LogP contribution in [-0.4, -0.2) is 22.8 Å². The van der Waals surface area contributed by atoms with Crippen molar-refractivity contribution >= 4 is 16.6 Å². The van der Waals surface area contributed by atoms with Gasteiger partial charge in [-0.15, -0.1) is 0 Å². The number of benzene rings is 2. The summed E-state index contributed by atoms with van der Waals surface area (Å²) < 4.78 is 20.2. The molecule has 25 heavy (non-hydrogen) atoms. The largest absolute Gasteiger partial charge is 0.485 e. The fraction of sp³-hybridized carbons (Fsp3) is 0.238. The average molecular weight is 334 g/mol. The van der Waals surface area contributed by atoms with Crippen molar-refractivity contribution in [3.63, 3.8) is 0 Å². The molecule has 126 valence electrons. The van der Waals surface area contributed by atoms with Crippen LogP contribution >= 0.6 is 0 Å². The molecular formula is C21H19FN2O. The highest BCUT2D eigenvalue weighted by Crippen LogP contribution is 2.31. The van der Waals surface area contributed by atoms with Crippen molar-refractivity contribution in [2.24, 2.45) is 4.99 Å². The van der Waals surface area contributed by atoms with Crippen molar-refractivity contribution in [3.8, 4) is 5.75 Å². The van der Waals surface area contributed by atoms with Gasteiger partial charge in [-0.05, 0) is 37.6 Å². The highest BCUT2D eigenvalue weighted by molar-refractivity contribution is 6.15. The molecule has 3 aromatic rings. The molecule has 0 radical (unpaired) electrons. The molecule has 1 unspecified atom stereocenters. The van der Waals surface area contributed by atoms with Crippen molar-refractivity contribution in [1.82, 2.24) is 4.98 Å². The van der Waals surface area contributed by atoms with Crippen molar-refractivity contribution in [3.05, 3.63) is 71.7 Å². The minimum absolute atomic E-state index is 0.311. The lowest BCUT2D eigenvalue weighted by atomic mass is 10.0. The number of fused-ring (bicyclic) bond motifs is 2. The number of pyridine rings is 1. The quantitative estimate of drug-likeness (QED) is 0.676. The lowest BCUT2D eigenvalue weighted by molar-refractivity contribution is 0.0958. The van der Waals surface area contributed by atoms with Gasteiger partial charge in [0, 0.05) is 22.7 Å². The molecule has 1 atom stereocenters. The van der Waals surface area contributed by atoms with E-state index in [1.165, 1.54) is 6.07 Å². The topological polar surface area (TPSA) is 34.5 Å². The average Bonchev–Trinajstić information content (AvgIpc) is 2.78. The van der Waals surface area contributed by atoms with E-state index in [9.17, 15) is 4.39 Å². The molecule has 0 spiro atoms. The maximum absolute atomic E-state index is 13.9. The van der Waals surface area contributed by atoms with E-state index >= 15 is 0 Å². The van der Waals surface area contributed by atoms with Crippen LogP contribution in [-0.2, 0) is 0 Å². The molecule has 0 fully saturated rings. The Morgan fingerprint density at radius 2 is 2.00 bits per heavy atom. The summed E-state index contributed by atoms with van der Waals surface area (Å²) in [7, 11) is 0. The number of ether oxygens (including phenoxy) is 1. The third-order valence-electron chi connectivity index (χ3n) is 4.75. The van der Waals surface area contributed by atoms with Gasteiger partial charge in [-0.25, -0.2) is 4.39 Å². The molecule has 4 rings (SSSR count). The maximum Gasteiger partial charge on any atom is 0.149 e. The molecule has 0 saturated carbocycles. The summed E-state index contributed by atoms with van der Waals surface area (Å²) in [6, 6.07) is 14.8. The molecule has 2 aromatic carbocycles. The predicted octanol–water partition coefficient (Wildman–Crippen LogP) is 4.77. The molecule has 0 amide bonds. The summed E-state index contributed by atoms with van der Waals surface area (Å²) in [4.78, 5) is 9.17. The highest BCUT2D eigenvalue weighted by atomic mass is 19.1. The maximum atomic E-state index is 13.9. The van der Waals surface area contributed by atoms with E-state index < -0.39 is 0 Å². The zero-order valence-corrected chi connectivity index (χ0v) is 14.3. The first-order chi connectivity index (χ1) is 12.1. The zero-order chi connectivity index (χ0) is 17.4. The first-order valence-corrected chi connectivity index (χ1v) is 8.47. The minimum Gasteiger partial charge on any atom is -0.485 e. The third kappa shape index (κ3) is 2.78. The van der Waals surface area contributed by atoms with Crippen LogP contribution in [0.1, 0.15) is 31.4 Å². The number of hydrogen-bond acceptors (Lipinski definition) is 3. The summed E-state index contributed by atoms with van der Waals surface area (Å²) in [5, 5.41) is 0.765. The Bertz CT molecular complexity index is 983. The molecular weight excluding hydrogens is 315 g/mol. The number of hydrogen-bond donors (Lipinski definition) is 0. The third-order valence-corrected chi connectivity index (χ3v) is 4.75. The van der Waals surface area contributed by atoms with Gasteiger partial charge in [-0.2, -0.15) is 0 Å². The Morgan fingerprint density at radius 3 is 2.84 bits per heavy atom. The standard InChI is InChI=1S/C21H19FN2O/c1-3-21(2)13-24-19(16-8-4-5-10-18(16)25-21)15-11-14-7-6-9-17(22)20(14)23-12-15/h4-12H,3,13H2,1-2H3. The van der Waals surface area contributed by atoms with E-state index in [4.69, 9.17) is 9.73 Å². The Balaban J connectivity index is 1.89. The van der Waals surface area contributed by atoms with Gasteiger partial charge in [0.15, 0.2) is 0 Å². The van der Waals surface area contributed by atoms with Gasteiger partial charge in [0.25, 0.3) is 0 Å². The first kappa shape index (κ1) is 15.8. The molecule has 1 aromatic heterocycles. The molecule has 1 aliphatic rings. The summed E-state index contributed by atoms with van der Waals surface area (Å²) in [5.74, 6) is 0.511. The SMILES string of the molecule is CCC1(C)CN=C(c2cnc3c(F)cccc3c2)c2ccccc2O1. The number of para-hydroxylation sites is 2. The van der Waals surface area contributed by atoms with Gasteiger partial charge in [0.05, 0.1) is 12.3 Å². The van der Waals surface area contributed by atoms with E-state index in [0.29, 0.717) is 12.1 Å². The summed E-state index contributed by atoms with van der Waals surface area (Å²) >= 11 is 0. The Labute approximate surface area is 146 Å². The van der Waals surface area contributed by atoms with Crippen LogP contribution in [0.25, 0.3) is 10.9 Å². The van der Waals surface area contributed by atoms with Gasteiger partial charge < -0.3 is 4.74 Å². The Kier molecular flexibility index (Phi) is 3.75. The molecule has 0 saturated heterocycles. The Morgan fingerprint density at radius 1 is 1.16 bits per heavy atom. The van der Waals surface area contributed by atoms with Crippen LogP contribution < -0.4 is 4.74 Å². The second-order valence-corrected chi connectivity index (χ2v) is 6.60. The normalized spacial score (nSPS) is 19.7. The number of nitrogens with zero attached hydrogens (tertiary/aromatic N) is 2. The fourth-order valence-corrected chi connectivity index (χ4v) is 3.06. The van der Waals surface area contributed by atoms with Crippen LogP contribution in [0, 0.1) is 5.82 Å². The second-order valence-electron chi connectivity index (χ2n) is 6.60. The van der Waals surface area contributed by atoms with Crippen LogP contribution in [0.5, 0.6) is 5.75 Å². The van der Waals surface area contributed by atoms with Gasteiger partial charge in [0.2, 0.25) is 0 Å². The molecule has 4 heteroatoms. The van der Waals surface area contributed by atoms with E-state index in [0.717, 1.165) is 34.4 Å². The van der Waals surface area contributed by atoms with Crippen molar-refractivity contribution < 1.29 is 9.13 Å². The first-order valence-electron chi connectivity index (χ1n) is 8.47. The molecule has 2 heterocycles. The van der Waals surface area contributed by atoms with Crippen molar-refractivity contribution in [2.45, 2.75) is 25.9 Å². The second kappa shape index (κ2) is 5.96. The molecule has 3 nitrogen and oxygen atoms in total. The summed E-state index contributed by atoms with van der Waals surface area (Å²) in [5.41, 5.74) is 2.69. The van der Waals surface area contributed by atoms with Gasteiger partial charge in [-0.3, -0.25) is 9.98 Å². The lowest BCUT2D eigenvalue weighted by Gasteiger charge is -2.26. The van der Waals surface area contributed by atoms with E-state index in [-0.39, 0.29) is 11.4 Å². The number of halogens is 1. The van der Waals surface area contributed by atoms with E-state index in [1.54, 1.807) is 12.3 Å². The van der Waals surface area contributed by atoms with Crippen LogP contribution in [0.3, 0.4) is 0 Å². The smallest absolute Gasteiger partial charge is 0.149 e. The van der Waals surface area contributed by atoms with Crippen LogP contribution in [0.4, 0.5) is 4.39 Å². The number of aromatic nitrogens is 1. The van der Waals surface area contributed by atoms with Gasteiger partial charge >= 0.3 is 0 Å². The fourth-order valence-electron chi connectivity index (χ4n) is 3.06. The molecule has 0 N–H and O–H groups in total. The highest BCUT2D eigenvalue weighted by Gasteiger charge is 2.29. The van der Waals surface area contributed by atoms with Gasteiger partial charge in [-0.1, -0.05) is 31.2 Å². The van der Waals surface area contributed by atoms with Crippen LogP contribution in [0.2, 0.25) is 0 Å². The van der Waals surface area contributed by atoms with E-state index in [2.05, 4.69) is 18.8 Å². The molecule has 0 aliphatic carbocycles. The van der Waals surface area contributed by atoms with Crippen molar-refractivity contribution in [2.75, 3.05) is 6.54 Å². The molecule has 1 aliphatic heterocycles. The summed E-state index contributed by atoms with van der Waals surface area (Å²) in [6.45, 7) is 4.74. The summed E-state index contributed by atoms with van der Waals surface area (Å²) in [6.07, 6.45) is 2.55. The number of rotatable bonds is 2.